The second-order valence-electron chi connectivity index (χ2n) is 11.9. The molecule has 230 valence electrons. The molecule has 0 saturated carbocycles. The molecule has 3 fully saturated rings. The predicted octanol–water partition coefficient (Wildman–Crippen LogP) is 5.67. The van der Waals surface area contributed by atoms with Gasteiger partial charge in [-0.3, -0.25) is 14.7 Å². The van der Waals surface area contributed by atoms with E-state index in [1.54, 1.807) is 17.3 Å². The summed E-state index contributed by atoms with van der Waals surface area (Å²) in [5, 5.41) is 12.9. The third kappa shape index (κ3) is 5.33. The lowest BCUT2D eigenvalue weighted by atomic mass is 9.95. The second-order valence-corrected chi connectivity index (χ2v) is 12.8. The molecule has 7 rings (SSSR count). The number of rotatable bonds is 7. The first-order valence-electron chi connectivity index (χ1n) is 15.2. The fraction of sp³-hybridized carbons (Fsp3) is 0.394. The number of carbonyl (C=O) groups excluding carboxylic acids is 1. The van der Waals surface area contributed by atoms with E-state index in [0.717, 1.165) is 49.5 Å². The quantitative estimate of drug-likeness (QED) is 0.235. The number of fused-ring (bicyclic) bond motifs is 3. The Morgan fingerprint density at radius 1 is 1.11 bits per heavy atom. The minimum Gasteiger partial charge on any atom is -0.461 e. The van der Waals surface area contributed by atoms with Crippen molar-refractivity contribution in [1.82, 2.24) is 29.7 Å². The van der Waals surface area contributed by atoms with Crippen LogP contribution in [0.3, 0.4) is 0 Å². The van der Waals surface area contributed by atoms with E-state index >= 15 is 0 Å². The normalized spacial score (nSPS) is 19.5. The van der Waals surface area contributed by atoms with Crippen LogP contribution in [0, 0.1) is 11.3 Å². The molecule has 0 bridgehead atoms. The van der Waals surface area contributed by atoms with E-state index in [4.69, 9.17) is 42.9 Å². The lowest BCUT2D eigenvalue weighted by Gasteiger charge is -2.41. The van der Waals surface area contributed by atoms with Gasteiger partial charge in [-0.05, 0) is 57.0 Å². The molecule has 12 heteroatoms. The van der Waals surface area contributed by atoms with Crippen LogP contribution in [0.2, 0.25) is 10.0 Å². The zero-order chi connectivity index (χ0) is 31.1. The molecule has 3 saturated heterocycles. The molecular formula is C33H32Cl2N8O2. The zero-order valence-electron chi connectivity index (χ0n) is 24.8. The molecule has 0 unspecified atom stereocenters. The van der Waals surface area contributed by atoms with Crippen LogP contribution >= 0.6 is 23.2 Å². The van der Waals surface area contributed by atoms with Crippen molar-refractivity contribution in [3.63, 3.8) is 0 Å². The fourth-order valence-electron chi connectivity index (χ4n) is 7.25. The number of nitriles is 1. The van der Waals surface area contributed by atoms with Crippen molar-refractivity contribution in [3.05, 3.63) is 59.4 Å². The number of pyridine rings is 2. The first kappa shape index (κ1) is 29.7. The first-order chi connectivity index (χ1) is 21.9. The van der Waals surface area contributed by atoms with Gasteiger partial charge in [-0.15, -0.1) is 0 Å². The topological polar surface area (TPSA) is 111 Å². The standard InChI is InChI=1S/C33H32Cl2N8O2/c1-2-27(44)43-15-14-41(19-22(43)8-11-36)31-23-16-26(35)29(24-18-37-17-21-6-3-7-25(34)28(21)24)38-30(23)39-32(40-31)45-20-33-9-4-12-42(33)13-5-10-33/h2-3,6-7,16-18,22H,1,4-5,8-10,12-15,19-20H2/t22-/m0/s1. The minimum atomic E-state index is -0.334. The van der Waals surface area contributed by atoms with E-state index in [-0.39, 0.29) is 29.9 Å². The smallest absolute Gasteiger partial charge is 0.320 e. The summed E-state index contributed by atoms with van der Waals surface area (Å²) in [5.41, 5.74) is 1.64. The van der Waals surface area contributed by atoms with Gasteiger partial charge in [-0.25, -0.2) is 4.98 Å². The molecule has 10 nitrogen and oxygen atoms in total. The maximum atomic E-state index is 12.6. The number of ether oxygens (including phenoxy) is 1. The average molecular weight is 644 g/mol. The summed E-state index contributed by atoms with van der Waals surface area (Å²) in [6.07, 6.45) is 9.45. The summed E-state index contributed by atoms with van der Waals surface area (Å²) < 4.78 is 6.42. The SMILES string of the molecule is C=CC(=O)N1CCN(c2nc(OCC34CCCN3CCC4)nc3nc(-c4cncc5cccc(Cl)c45)c(Cl)cc23)C[C@@H]1CC#N. The Balaban J connectivity index is 1.33. The maximum absolute atomic E-state index is 12.6. The predicted molar refractivity (Wildman–Crippen MR) is 174 cm³/mol. The number of hydrogen-bond acceptors (Lipinski definition) is 9. The summed E-state index contributed by atoms with van der Waals surface area (Å²) in [7, 11) is 0. The number of halogens is 2. The van der Waals surface area contributed by atoms with E-state index in [2.05, 4.69) is 27.4 Å². The highest BCUT2D eigenvalue weighted by atomic mass is 35.5. The van der Waals surface area contributed by atoms with E-state index in [9.17, 15) is 10.1 Å². The van der Waals surface area contributed by atoms with Crippen LogP contribution in [0.1, 0.15) is 32.1 Å². The molecule has 0 N–H and O–H groups in total. The van der Waals surface area contributed by atoms with Gasteiger partial charge in [0, 0.05) is 53.4 Å². The molecule has 4 aromatic rings. The Labute approximate surface area is 271 Å². The maximum Gasteiger partial charge on any atom is 0.320 e. The highest BCUT2D eigenvalue weighted by Crippen LogP contribution is 2.41. The minimum absolute atomic E-state index is 0.0109. The van der Waals surface area contributed by atoms with Gasteiger partial charge in [-0.2, -0.15) is 15.2 Å². The third-order valence-electron chi connectivity index (χ3n) is 9.44. The molecule has 0 spiro atoms. The van der Waals surface area contributed by atoms with Crippen molar-refractivity contribution in [2.45, 2.75) is 43.7 Å². The van der Waals surface area contributed by atoms with Crippen LogP contribution in [-0.2, 0) is 4.79 Å². The number of piperazine rings is 1. The summed E-state index contributed by atoms with van der Waals surface area (Å²) in [5.74, 6) is 0.408. The van der Waals surface area contributed by atoms with E-state index in [1.165, 1.54) is 6.08 Å². The highest BCUT2D eigenvalue weighted by molar-refractivity contribution is 6.38. The van der Waals surface area contributed by atoms with Gasteiger partial charge in [0.15, 0.2) is 5.65 Å². The number of aromatic nitrogens is 4. The molecule has 1 amide bonds. The lowest BCUT2D eigenvalue weighted by molar-refractivity contribution is -0.128. The lowest BCUT2D eigenvalue weighted by Crippen LogP contribution is -2.55. The van der Waals surface area contributed by atoms with Crippen LogP contribution in [0.25, 0.3) is 33.1 Å². The summed E-state index contributed by atoms with van der Waals surface area (Å²) in [6, 6.07) is 9.61. The number of hydrogen-bond donors (Lipinski definition) is 0. The average Bonchev–Trinajstić information content (AvgIpc) is 3.64. The van der Waals surface area contributed by atoms with E-state index in [1.807, 2.05) is 24.3 Å². The molecular weight excluding hydrogens is 611 g/mol. The van der Waals surface area contributed by atoms with E-state index < -0.39 is 0 Å². The Bertz CT molecular complexity index is 1850. The molecule has 1 atom stereocenters. The van der Waals surface area contributed by atoms with Crippen molar-refractivity contribution in [3.8, 4) is 23.3 Å². The van der Waals surface area contributed by atoms with Gasteiger partial charge in [0.1, 0.15) is 12.4 Å². The van der Waals surface area contributed by atoms with Crippen molar-refractivity contribution in [2.24, 2.45) is 0 Å². The van der Waals surface area contributed by atoms with Crippen LogP contribution < -0.4 is 9.64 Å². The molecule has 3 aromatic heterocycles. The number of nitrogens with zero attached hydrogens (tertiary/aromatic N) is 8. The molecule has 3 aliphatic rings. The summed E-state index contributed by atoms with van der Waals surface area (Å²) in [6.45, 7) is 7.63. The largest absolute Gasteiger partial charge is 0.461 e. The number of amides is 1. The molecule has 3 aliphatic heterocycles. The first-order valence-corrected chi connectivity index (χ1v) is 16.0. The van der Waals surface area contributed by atoms with Gasteiger partial charge in [0.25, 0.3) is 0 Å². The summed E-state index contributed by atoms with van der Waals surface area (Å²) >= 11 is 13.6. The van der Waals surface area contributed by atoms with Crippen LogP contribution in [0.5, 0.6) is 6.01 Å². The van der Waals surface area contributed by atoms with Gasteiger partial charge < -0.3 is 14.5 Å². The molecule has 6 heterocycles. The molecule has 0 aliphatic carbocycles. The van der Waals surface area contributed by atoms with Crippen molar-refractivity contribution in [1.29, 1.82) is 5.26 Å². The van der Waals surface area contributed by atoms with Gasteiger partial charge in [0.05, 0.1) is 40.2 Å². The van der Waals surface area contributed by atoms with E-state index in [0.29, 0.717) is 64.4 Å². The Hall–Kier alpha value is -4.04. The fourth-order valence-corrected chi connectivity index (χ4v) is 7.79. The molecule has 1 aromatic carbocycles. The van der Waals surface area contributed by atoms with Gasteiger partial charge in [0.2, 0.25) is 5.91 Å². The third-order valence-corrected chi connectivity index (χ3v) is 10.0. The second kappa shape index (κ2) is 12.0. The number of benzene rings is 1. The van der Waals surface area contributed by atoms with Gasteiger partial charge in [-0.1, -0.05) is 41.9 Å². The Kier molecular flexibility index (Phi) is 7.94. The zero-order valence-corrected chi connectivity index (χ0v) is 26.3. The number of carbonyl (C=O) groups is 1. The summed E-state index contributed by atoms with van der Waals surface area (Å²) in [4.78, 5) is 38.0. The Morgan fingerprint density at radius 3 is 2.71 bits per heavy atom. The highest BCUT2D eigenvalue weighted by Gasteiger charge is 2.45. The van der Waals surface area contributed by atoms with Crippen molar-refractivity contribution in [2.75, 3.05) is 44.2 Å². The van der Waals surface area contributed by atoms with Crippen molar-refractivity contribution >= 4 is 56.7 Å². The van der Waals surface area contributed by atoms with Crippen LogP contribution in [-0.4, -0.2) is 86.6 Å². The van der Waals surface area contributed by atoms with Crippen LogP contribution in [0.15, 0.2) is 49.3 Å². The monoisotopic (exact) mass is 642 g/mol. The van der Waals surface area contributed by atoms with Gasteiger partial charge >= 0.3 is 6.01 Å². The number of anilines is 1. The molecule has 0 radical (unpaired) electrons. The molecule has 45 heavy (non-hydrogen) atoms. The Morgan fingerprint density at radius 2 is 1.93 bits per heavy atom. The van der Waals surface area contributed by atoms with Crippen LogP contribution in [0.4, 0.5) is 5.82 Å². The van der Waals surface area contributed by atoms with Crippen molar-refractivity contribution < 1.29 is 9.53 Å².